The molecule has 0 fully saturated rings. The lowest BCUT2D eigenvalue weighted by Crippen LogP contribution is -2.18. The van der Waals surface area contributed by atoms with Crippen molar-refractivity contribution >= 4 is 22.3 Å². The Hall–Kier alpha value is -1.11. The number of unbranched alkanes of at least 4 members (excludes halogenated alkanes) is 8. The van der Waals surface area contributed by atoms with Crippen molar-refractivity contribution in [3.63, 3.8) is 0 Å². The van der Waals surface area contributed by atoms with Gasteiger partial charge in [0.05, 0.1) is 0 Å². The standard InChI is InChI=1S/C15H28O6S/c1-3-5-6-7-8-9-10-11-12-13-15(17)21-22(18,19)20-14(16)4-2/h3-13H2,1-2H3. The molecule has 0 rings (SSSR count). The van der Waals surface area contributed by atoms with Gasteiger partial charge in [-0.3, -0.25) is 9.59 Å². The molecule has 0 saturated heterocycles. The predicted molar refractivity (Wildman–Crippen MR) is 83.2 cm³/mol. The lowest BCUT2D eigenvalue weighted by molar-refractivity contribution is -0.137. The number of hydrogen-bond acceptors (Lipinski definition) is 6. The second kappa shape index (κ2) is 12.4. The zero-order valence-electron chi connectivity index (χ0n) is 13.6. The lowest BCUT2D eigenvalue weighted by atomic mass is 10.1. The van der Waals surface area contributed by atoms with Gasteiger partial charge in [-0.1, -0.05) is 65.2 Å². The molecule has 0 aliphatic rings. The van der Waals surface area contributed by atoms with E-state index in [1.165, 1.54) is 39.0 Å². The van der Waals surface area contributed by atoms with Crippen molar-refractivity contribution in [1.82, 2.24) is 0 Å². The van der Waals surface area contributed by atoms with Gasteiger partial charge in [0.25, 0.3) is 0 Å². The van der Waals surface area contributed by atoms with Crippen LogP contribution in [-0.2, 0) is 28.4 Å². The van der Waals surface area contributed by atoms with Crippen LogP contribution in [0.1, 0.15) is 84.5 Å². The van der Waals surface area contributed by atoms with E-state index in [0.717, 1.165) is 19.3 Å². The van der Waals surface area contributed by atoms with Crippen molar-refractivity contribution in [2.75, 3.05) is 0 Å². The van der Waals surface area contributed by atoms with Gasteiger partial charge in [-0.25, -0.2) is 0 Å². The summed E-state index contributed by atoms with van der Waals surface area (Å²) in [6, 6.07) is 0. The Labute approximate surface area is 133 Å². The summed E-state index contributed by atoms with van der Waals surface area (Å²) in [7, 11) is -4.55. The Morgan fingerprint density at radius 2 is 1.18 bits per heavy atom. The molecular formula is C15H28O6S. The van der Waals surface area contributed by atoms with Crippen LogP contribution >= 0.6 is 0 Å². The summed E-state index contributed by atoms with van der Waals surface area (Å²) >= 11 is 0. The van der Waals surface area contributed by atoms with E-state index in [1.807, 2.05) is 0 Å². The van der Waals surface area contributed by atoms with E-state index in [-0.39, 0.29) is 12.8 Å². The molecule has 0 amide bonds. The van der Waals surface area contributed by atoms with Crippen LogP contribution in [0.15, 0.2) is 0 Å². The summed E-state index contributed by atoms with van der Waals surface area (Å²) in [5.74, 6) is -1.83. The highest BCUT2D eigenvalue weighted by Crippen LogP contribution is 2.11. The first-order valence-corrected chi connectivity index (χ1v) is 9.44. The van der Waals surface area contributed by atoms with Crippen LogP contribution in [-0.4, -0.2) is 20.4 Å². The van der Waals surface area contributed by atoms with Gasteiger partial charge < -0.3 is 8.37 Å². The highest BCUT2D eigenvalue weighted by molar-refractivity contribution is 7.82. The summed E-state index contributed by atoms with van der Waals surface area (Å²) in [4.78, 5) is 22.2. The van der Waals surface area contributed by atoms with Gasteiger partial charge in [-0.2, -0.15) is 0 Å². The second-order valence-electron chi connectivity index (χ2n) is 5.25. The van der Waals surface area contributed by atoms with Gasteiger partial charge in [0, 0.05) is 12.8 Å². The fraction of sp³-hybridized carbons (Fsp3) is 0.867. The van der Waals surface area contributed by atoms with Crippen LogP contribution in [0.2, 0.25) is 0 Å². The maximum absolute atomic E-state index is 11.3. The number of carbonyl (C=O) groups excluding carboxylic acids is 2. The molecule has 0 aromatic carbocycles. The Kier molecular flexibility index (Phi) is 11.8. The lowest BCUT2D eigenvalue weighted by Gasteiger charge is -2.05. The first kappa shape index (κ1) is 20.9. The summed E-state index contributed by atoms with van der Waals surface area (Å²) in [5, 5.41) is 0. The van der Waals surface area contributed by atoms with E-state index >= 15 is 0 Å². The Bertz CT molecular complexity index is 416. The van der Waals surface area contributed by atoms with Gasteiger partial charge in [0.2, 0.25) is 0 Å². The molecule has 0 aliphatic heterocycles. The summed E-state index contributed by atoms with van der Waals surface area (Å²) in [6.07, 6.45) is 9.74. The average Bonchev–Trinajstić information content (AvgIpc) is 2.44. The zero-order valence-corrected chi connectivity index (χ0v) is 14.5. The number of hydrogen-bond donors (Lipinski definition) is 0. The minimum absolute atomic E-state index is 0.0126. The van der Waals surface area contributed by atoms with E-state index in [4.69, 9.17) is 0 Å². The molecule has 0 aromatic rings. The molecule has 0 radical (unpaired) electrons. The second-order valence-corrected chi connectivity index (χ2v) is 6.40. The van der Waals surface area contributed by atoms with E-state index in [9.17, 15) is 18.0 Å². The molecule has 0 aromatic heterocycles. The maximum atomic E-state index is 11.3. The molecular weight excluding hydrogens is 308 g/mol. The predicted octanol–water partition coefficient (Wildman–Crippen LogP) is 3.65. The van der Waals surface area contributed by atoms with Gasteiger partial charge in [-0.05, 0) is 6.42 Å². The first-order chi connectivity index (χ1) is 10.4. The Morgan fingerprint density at radius 3 is 1.68 bits per heavy atom. The molecule has 7 heteroatoms. The fourth-order valence-corrected chi connectivity index (χ4v) is 2.62. The average molecular weight is 336 g/mol. The molecule has 22 heavy (non-hydrogen) atoms. The topological polar surface area (TPSA) is 86.7 Å². The molecule has 130 valence electrons. The molecule has 6 nitrogen and oxygen atoms in total. The van der Waals surface area contributed by atoms with Crippen molar-refractivity contribution in [2.45, 2.75) is 84.5 Å². The maximum Gasteiger partial charge on any atom is 0.506 e. The Balaban J connectivity index is 3.63. The zero-order chi connectivity index (χ0) is 16.8. The van der Waals surface area contributed by atoms with Crippen LogP contribution < -0.4 is 0 Å². The molecule has 0 atom stereocenters. The third-order valence-corrected chi connectivity index (χ3v) is 3.94. The minimum atomic E-state index is -4.55. The van der Waals surface area contributed by atoms with Crippen molar-refractivity contribution < 1.29 is 26.4 Å². The van der Waals surface area contributed by atoms with E-state index < -0.39 is 22.3 Å². The van der Waals surface area contributed by atoms with Crippen molar-refractivity contribution in [3.05, 3.63) is 0 Å². The largest absolute Gasteiger partial charge is 0.506 e. The van der Waals surface area contributed by atoms with Crippen LogP contribution in [0.5, 0.6) is 0 Å². The number of rotatable bonds is 13. The monoisotopic (exact) mass is 336 g/mol. The van der Waals surface area contributed by atoms with Crippen LogP contribution in [0.4, 0.5) is 0 Å². The number of carbonyl (C=O) groups is 2. The van der Waals surface area contributed by atoms with Gasteiger partial charge in [0.1, 0.15) is 0 Å². The minimum Gasteiger partial charge on any atom is -0.316 e. The van der Waals surface area contributed by atoms with Crippen molar-refractivity contribution in [2.24, 2.45) is 0 Å². The highest BCUT2D eigenvalue weighted by atomic mass is 32.3. The molecule has 0 saturated carbocycles. The van der Waals surface area contributed by atoms with Crippen molar-refractivity contribution in [3.8, 4) is 0 Å². The molecule has 0 spiro atoms. The van der Waals surface area contributed by atoms with Crippen molar-refractivity contribution in [1.29, 1.82) is 0 Å². The smallest absolute Gasteiger partial charge is 0.316 e. The molecule has 0 N–H and O–H groups in total. The molecule has 0 unspecified atom stereocenters. The van der Waals surface area contributed by atoms with Crippen LogP contribution in [0.25, 0.3) is 0 Å². The normalized spacial score (nSPS) is 11.2. The van der Waals surface area contributed by atoms with E-state index in [1.54, 1.807) is 0 Å². The fourth-order valence-electron chi connectivity index (χ4n) is 1.93. The van der Waals surface area contributed by atoms with Gasteiger partial charge >= 0.3 is 22.3 Å². The first-order valence-electron chi connectivity index (χ1n) is 8.10. The molecule has 0 aliphatic carbocycles. The third kappa shape index (κ3) is 12.6. The summed E-state index contributed by atoms with van der Waals surface area (Å²) < 4.78 is 30.6. The van der Waals surface area contributed by atoms with E-state index in [2.05, 4.69) is 15.3 Å². The summed E-state index contributed by atoms with van der Waals surface area (Å²) in [5.41, 5.74) is 0. The molecule has 0 heterocycles. The summed E-state index contributed by atoms with van der Waals surface area (Å²) in [6.45, 7) is 3.63. The van der Waals surface area contributed by atoms with Crippen LogP contribution in [0.3, 0.4) is 0 Å². The van der Waals surface area contributed by atoms with Gasteiger partial charge in [-0.15, -0.1) is 8.42 Å². The highest BCUT2D eigenvalue weighted by Gasteiger charge is 2.21. The van der Waals surface area contributed by atoms with Crippen LogP contribution in [0, 0.1) is 0 Å². The van der Waals surface area contributed by atoms with E-state index in [0.29, 0.717) is 6.42 Å². The Morgan fingerprint density at radius 1 is 0.727 bits per heavy atom. The SMILES string of the molecule is CCCCCCCCCCCC(=O)OS(=O)(=O)OC(=O)CC. The van der Waals surface area contributed by atoms with Gasteiger partial charge in [0.15, 0.2) is 0 Å². The quantitative estimate of drug-likeness (QED) is 0.477. The molecule has 0 bridgehead atoms. The third-order valence-electron chi connectivity index (χ3n) is 3.16.